The van der Waals surface area contributed by atoms with Gasteiger partial charge in [0, 0.05) is 22.9 Å². The van der Waals surface area contributed by atoms with Crippen molar-refractivity contribution in [1.29, 1.82) is 0 Å². The first-order valence-corrected chi connectivity index (χ1v) is 9.76. The number of ether oxygens (including phenoxy) is 1. The van der Waals surface area contributed by atoms with E-state index in [4.69, 9.17) is 9.84 Å². The third kappa shape index (κ3) is 2.34. The van der Waals surface area contributed by atoms with E-state index in [2.05, 4.69) is 15.2 Å². The lowest BCUT2D eigenvalue weighted by Gasteiger charge is -2.19. The number of hydrogen-bond acceptors (Lipinski definition) is 5. The quantitative estimate of drug-likeness (QED) is 0.541. The molecule has 2 aliphatic carbocycles. The summed E-state index contributed by atoms with van der Waals surface area (Å²) in [6.45, 7) is 0.409. The summed E-state index contributed by atoms with van der Waals surface area (Å²) in [6.07, 6.45) is 5.37. The molecule has 4 aromatic rings. The van der Waals surface area contributed by atoms with Crippen molar-refractivity contribution in [2.24, 2.45) is 0 Å². The highest BCUT2D eigenvalue weighted by molar-refractivity contribution is 5.66. The van der Waals surface area contributed by atoms with Crippen LogP contribution in [-0.4, -0.2) is 24.8 Å². The summed E-state index contributed by atoms with van der Waals surface area (Å²) in [5, 5.41) is 13.9. The largest absolute Gasteiger partial charge is 0.470 e. The molecular formula is C22H19N5O. The average molecular weight is 369 g/mol. The highest BCUT2D eigenvalue weighted by atomic mass is 16.5. The molecule has 0 N–H and O–H groups in total. The first-order chi connectivity index (χ1) is 13.9. The molecule has 1 fully saturated rings. The molecule has 6 nitrogen and oxygen atoms in total. The van der Waals surface area contributed by atoms with E-state index in [-0.39, 0.29) is 0 Å². The summed E-state index contributed by atoms with van der Waals surface area (Å²) in [5.74, 6) is 2.52. The van der Waals surface area contributed by atoms with Crippen molar-refractivity contribution in [3.8, 4) is 17.3 Å². The van der Waals surface area contributed by atoms with E-state index in [0.29, 0.717) is 24.3 Å². The molecule has 2 bridgehead atoms. The van der Waals surface area contributed by atoms with Crippen LogP contribution in [0.25, 0.3) is 17.0 Å². The molecule has 2 atom stereocenters. The Kier molecular flexibility index (Phi) is 3.44. The van der Waals surface area contributed by atoms with E-state index in [9.17, 15) is 0 Å². The third-order valence-electron chi connectivity index (χ3n) is 5.96. The van der Waals surface area contributed by atoms with Gasteiger partial charge >= 0.3 is 0 Å². The van der Waals surface area contributed by atoms with Gasteiger partial charge in [0.2, 0.25) is 5.88 Å². The van der Waals surface area contributed by atoms with Crippen molar-refractivity contribution in [3.63, 3.8) is 0 Å². The molecule has 138 valence electrons. The zero-order valence-corrected chi connectivity index (χ0v) is 15.3. The number of nitrogens with zero attached hydrogens (tertiary/aromatic N) is 5. The Morgan fingerprint density at radius 2 is 1.75 bits per heavy atom. The number of rotatable bonds is 4. The lowest BCUT2D eigenvalue weighted by molar-refractivity contribution is 0.279. The minimum absolute atomic E-state index is 0.409. The lowest BCUT2D eigenvalue weighted by Crippen LogP contribution is -2.11. The molecule has 0 amide bonds. The Bertz CT molecular complexity index is 1160. The van der Waals surface area contributed by atoms with Crippen LogP contribution in [0.3, 0.4) is 0 Å². The van der Waals surface area contributed by atoms with E-state index in [1.165, 1.54) is 30.4 Å². The molecule has 2 aliphatic rings. The standard InChI is InChI=1S/C22H19N5O/c1-2-6-14(7-3-1)20-24-25-21-18-15-9-10-16(12-15)19(18)22(26-27(20)21)28-13-17-8-4-5-11-23-17/h1-8,11,15-16H,9-10,12-13H2. The van der Waals surface area contributed by atoms with Gasteiger partial charge in [0.1, 0.15) is 6.61 Å². The van der Waals surface area contributed by atoms with Crippen LogP contribution in [0.5, 0.6) is 5.88 Å². The molecule has 6 heteroatoms. The van der Waals surface area contributed by atoms with Crippen LogP contribution in [0.1, 0.15) is 47.9 Å². The minimum Gasteiger partial charge on any atom is -0.470 e. The predicted molar refractivity (Wildman–Crippen MR) is 104 cm³/mol. The molecule has 28 heavy (non-hydrogen) atoms. The van der Waals surface area contributed by atoms with Crippen molar-refractivity contribution in [2.45, 2.75) is 37.7 Å². The van der Waals surface area contributed by atoms with E-state index in [1.807, 2.05) is 53.0 Å². The summed E-state index contributed by atoms with van der Waals surface area (Å²) in [5.41, 5.74) is 5.31. The zero-order chi connectivity index (χ0) is 18.5. The fourth-order valence-electron chi connectivity index (χ4n) is 4.73. The fraction of sp³-hybridized carbons (Fsp3) is 0.273. The zero-order valence-electron chi connectivity index (χ0n) is 15.3. The highest BCUT2D eigenvalue weighted by Gasteiger charge is 2.42. The van der Waals surface area contributed by atoms with Gasteiger partial charge in [0.05, 0.1) is 5.69 Å². The lowest BCUT2D eigenvalue weighted by atomic mass is 9.93. The average Bonchev–Trinajstić information content (AvgIpc) is 3.48. The Morgan fingerprint density at radius 3 is 2.57 bits per heavy atom. The topological polar surface area (TPSA) is 65.2 Å². The third-order valence-corrected chi connectivity index (χ3v) is 5.96. The van der Waals surface area contributed by atoms with Gasteiger partial charge in [0.25, 0.3) is 0 Å². The van der Waals surface area contributed by atoms with Crippen molar-refractivity contribution in [2.75, 3.05) is 0 Å². The summed E-state index contributed by atoms with van der Waals surface area (Å²) >= 11 is 0. The number of fused-ring (bicyclic) bond motifs is 7. The van der Waals surface area contributed by atoms with Crippen LogP contribution in [-0.2, 0) is 6.61 Å². The van der Waals surface area contributed by atoms with Gasteiger partial charge in [-0.25, -0.2) is 0 Å². The van der Waals surface area contributed by atoms with Crippen molar-refractivity contribution < 1.29 is 4.74 Å². The van der Waals surface area contributed by atoms with E-state index < -0.39 is 0 Å². The molecule has 3 aromatic heterocycles. The number of hydrogen-bond donors (Lipinski definition) is 0. The fourth-order valence-corrected chi connectivity index (χ4v) is 4.73. The molecule has 3 heterocycles. The molecule has 0 saturated heterocycles. The highest BCUT2D eigenvalue weighted by Crippen LogP contribution is 2.56. The molecule has 1 aromatic carbocycles. The first-order valence-electron chi connectivity index (χ1n) is 9.76. The number of benzene rings is 1. The van der Waals surface area contributed by atoms with Gasteiger partial charge in [-0.05, 0) is 43.2 Å². The molecular weight excluding hydrogens is 350 g/mol. The summed E-state index contributed by atoms with van der Waals surface area (Å²) < 4.78 is 8.07. The molecule has 1 saturated carbocycles. The maximum atomic E-state index is 6.21. The van der Waals surface area contributed by atoms with Crippen molar-refractivity contribution >= 4 is 5.65 Å². The van der Waals surface area contributed by atoms with Gasteiger partial charge in [-0.1, -0.05) is 36.4 Å². The summed E-state index contributed by atoms with van der Waals surface area (Å²) in [6, 6.07) is 15.9. The summed E-state index contributed by atoms with van der Waals surface area (Å²) in [4.78, 5) is 4.37. The normalized spacial score (nSPS) is 19.9. The smallest absolute Gasteiger partial charge is 0.236 e. The second-order valence-electron chi connectivity index (χ2n) is 7.57. The van der Waals surface area contributed by atoms with Crippen LogP contribution >= 0.6 is 0 Å². The van der Waals surface area contributed by atoms with Crippen LogP contribution < -0.4 is 4.74 Å². The first kappa shape index (κ1) is 15.7. The molecule has 0 spiro atoms. The molecule has 2 unspecified atom stereocenters. The molecule has 0 aliphatic heterocycles. The predicted octanol–water partition coefficient (Wildman–Crippen LogP) is 4.13. The van der Waals surface area contributed by atoms with Gasteiger partial charge in [-0.15, -0.1) is 15.3 Å². The maximum Gasteiger partial charge on any atom is 0.236 e. The van der Waals surface area contributed by atoms with Gasteiger partial charge in [-0.3, -0.25) is 4.98 Å². The van der Waals surface area contributed by atoms with Crippen molar-refractivity contribution in [1.82, 2.24) is 24.8 Å². The monoisotopic (exact) mass is 369 g/mol. The van der Waals surface area contributed by atoms with E-state index in [0.717, 1.165) is 22.7 Å². The van der Waals surface area contributed by atoms with Gasteiger partial charge in [-0.2, -0.15) is 4.52 Å². The van der Waals surface area contributed by atoms with Crippen molar-refractivity contribution in [3.05, 3.63) is 71.5 Å². The Hall–Kier alpha value is -3.28. The van der Waals surface area contributed by atoms with Crippen LogP contribution in [0.4, 0.5) is 0 Å². The Morgan fingerprint density at radius 1 is 0.929 bits per heavy atom. The minimum atomic E-state index is 0.409. The van der Waals surface area contributed by atoms with E-state index >= 15 is 0 Å². The van der Waals surface area contributed by atoms with Crippen LogP contribution in [0.15, 0.2) is 54.7 Å². The van der Waals surface area contributed by atoms with Gasteiger partial charge in [0.15, 0.2) is 11.5 Å². The second kappa shape index (κ2) is 6.12. The SMILES string of the molecule is c1ccc(-c2nnc3c4c(c(OCc5ccccn5)nn23)C2CCC4C2)cc1. The molecule has 6 rings (SSSR count). The summed E-state index contributed by atoms with van der Waals surface area (Å²) in [7, 11) is 0. The van der Waals surface area contributed by atoms with Gasteiger partial charge < -0.3 is 4.74 Å². The number of aromatic nitrogens is 5. The van der Waals surface area contributed by atoms with E-state index in [1.54, 1.807) is 6.20 Å². The molecule has 0 radical (unpaired) electrons. The van der Waals surface area contributed by atoms with Crippen LogP contribution in [0.2, 0.25) is 0 Å². The number of pyridine rings is 1. The van der Waals surface area contributed by atoms with Crippen LogP contribution in [0, 0.1) is 0 Å². The second-order valence-corrected chi connectivity index (χ2v) is 7.57. The Labute approximate surface area is 162 Å². The maximum absolute atomic E-state index is 6.21. The Balaban J connectivity index is 1.50.